The van der Waals surface area contributed by atoms with Crippen LogP contribution in [0.3, 0.4) is 0 Å². The molecule has 0 atom stereocenters. The summed E-state index contributed by atoms with van der Waals surface area (Å²) in [6, 6.07) is 11.9. The smallest absolute Gasteiger partial charge is 0.236 e. The lowest BCUT2D eigenvalue weighted by Gasteiger charge is -2.10. The van der Waals surface area contributed by atoms with Crippen LogP contribution >= 0.6 is 0 Å². The van der Waals surface area contributed by atoms with Gasteiger partial charge in [-0.1, -0.05) is 0 Å². The van der Waals surface area contributed by atoms with Crippen LogP contribution in [0.1, 0.15) is 27.6 Å². The fourth-order valence-corrected chi connectivity index (χ4v) is 3.11. The molecule has 142 valence electrons. The van der Waals surface area contributed by atoms with Gasteiger partial charge < -0.3 is 23.6 Å². The zero-order valence-corrected chi connectivity index (χ0v) is 14.8. The van der Waals surface area contributed by atoms with Crippen LogP contribution in [0.2, 0.25) is 0 Å². The zero-order valence-electron chi connectivity index (χ0n) is 14.8. The molecule has 1 aromatic carbocycles. The Morgan fingerprint density at radius 1 is 1.11 bits per heavy atom. The van der Waals surface area contributed by atoms with Gasteiger partial charge in [-0.3, -0.25) is 4.79 Å². The maximum absolute atomic E-state index is 13.4. The fraction of sp³-hybridized carbons (Fsp3) is 0.0952. The Morgan fingerprint density at radius 3 is 2.46 bits per heavy atom. The number of halogens is 1. The molecule has 0 saturated heterocycles. The highest BCUT2D eigenvalue weighted by Crippen LogP contribution is 2.42. The van der Waals surface area contributed by atoms with E-state index in [1.54, 1.807) is 25.1 Å². The van der Waals surface area contributed by atoms with E-state index in [1.807, 2.05) is 0 Å². The van der Waals surface area contributed by atoms with Crippen molar-refractivity contribution in [3.8, 4) is 22.9 Å². The normalized spacial score (nSPS) is 11.1. The molecule has 0 bridgehead atoms. The first-order chi connectivity index (χ1) is 13.5. The molecule has 28 heavy (non-hydrogen) atoms. The number of carbonyl (C=O) groups excluding carboxylic acids is 1. The van der Waals surface area contributed by atoms with E-state index in [0.29, 0.717) is 17.1 Å². The molecule has 3 aromatic heterocycles. The van der Waals surface area contributed by atoms with E-state index in [-0.39, 0.29) is 23.6 Å². The predicted molar refractivity (Wildman–Crippen MR) is 97.8 cm³/mol. The average Bonchev–Trinajstić information content (AvgIpc) is 3.40. The summed E-state index contributed by atoms with van der Waals surface area (Å²) in [4.78, 5) is 13.0. The van der Waals surface area contributed by atoms with Crippen molar-refractivity contribution < 1.29 is 28.2 Å². The van der Waals surface area contributed by atoms with Gasteiger partial charge in [0.1, 0.15) is 17.3 Å². The molecule has 0 unspecified atom stereocenters. The number of rotatable bonds is 5. The van der Waals surface area contributed by atoms with Gasteiger partial charge in [0, 0.05) is 0 Å². The van der Waals surface area contributed by atoms with Gasteiger partial charge in [0.25, 0.3) is 0 Å². The third-order valence-electron chi connectivity index (χ3n) is 4.41. The Bertz CT molecular complexity index is 1140. The molecule has 4 aromatic rings. The molecule has 0 saturated carbocycles. The number of aromatic hydroxyl groups is 2. The summed E-state index contributed by atoms with van der Waals surface area (Å²) in [7, 11) is 0. The summed E-state index contributed by atoms with van der Waals surface area (Å²) >= 11 is 0. The van der Waals surface area contributed by atoms with Gasteiger partial charge in [-0.2, -0.15) is 0 Å². The van der Waals surface area contributed by atoms with Crippen molar-refractivity contribution >= 4 is 5.78 Å². The Balaban J connectivity index is 1.94. The van der Waals surface area contributed by atoms with Gasteiger partial charge in [-0.25, -0.2) is 4.39 Å². The lowest BCUT2D eigenvalue weighted by molar-refractivity contribution is 0.101. The summed E-state index contributed by atoms with van der Waals surface area (Å²) in [5.41, 5.74) is 0.533. The van der Waals surface area contributed by atoms with E-state index in [1.165, 1.54) is 41.2 Å². The van der Waals surface area contributed by atoms with Crippen molar-refractivity contribution in [3.05, 3.63) is 83.5 Å². The highest BCUT2D eigenvalue weighted by atomic mass is 19.1. The second kappa shape index (κ2) is 6.77. The molecule has 0 fully saturated rings. The summed E-state index contributed by atoms with van der Waals surface area (Å²) in [5.74, 6) is -1.07. The Hall–Kier alpha value is -3.74. The standard InChI is InChI=1S/C21H16FNO5/c1-12-4-9-16(28-12)19(24)17-18(13-5-7-14(22)8-6-13)23(21(26)20(17)25)11-15-3-2-10-27-15/h2-10,25-26H,11H2,1H3. The van der Waals surface area contributed by atoms with Crippen molar-refractivity contribution in [2.24, 2.45) is 0 Å². The maximum atomic E-state index is 13.4. The maximum Gasteiger partial charge on any atom is 0.236 e. The number of hydrogen-bond donors (Lipinski definition) is 2. The molecule has 4 rings (SSSR count). The minimum Gasteiger partial charge on any atom is -0.503 e. The lowest BCUT2D eigenvalue weighted by Crippen LogP contribution is -2.05. The molecule has 7 heteroatoms. The molecule has 3 heterocycles. The number of aryl methyl sites for hydroxylation is 1. The van der Waals surface area contributed by atoms with E-state index in [9.17, 15) is 19.4 Å². The van der Waals surface area contributed by atoms with E-state index in [0.717, 1.165) is 0 Å². The van der Waals surface area contributed by atoms with Gasteiger partial charge in [-0.15, -0.1) is 0 Å². The van der Waals surface area contributed by atoms with Crippen molar-refractivity contribution in [3.63, 3.8) is 0 Å². The molecule has 0 amide bonds. The third kappa shape index (κ3) is 2.96. The van der Waals surface area contributed by atoms with E-state index in [2.05, 4.69) is 0 Å². The summed E-state index contributed by atoms with van der Waals surface area (Å²) in [6.07, 6.45) is 1.48. The van der Waals surface area contributed by atoms with E-state index in [4.69, 9.17) is 8.83 Å². The van der Waals surface area contributed by atoms with Crippen LogP contribution < -0.4 is 0 Å². The van der Waals surface area contributed by atoms with Gasteiger partial charge in [-0.05, 0) is 61.0 Å². The SMILES string of the molecule is Cc1ccc(C(=O)c2c(O)c(O)n(Cc3ccco3)c2-c2ccc(F)cc2)o1. The molecule has 0 spiro atoms. The van der Waals surface area contributed by atoms with Crippen molar-refractivity contribution in [2.45, 2.75) is 13.5 Å². The third-order valence-corrected chi connectivity index (χ3v) is 4.41. The van der Waals surface area contributed by atoms with Crippen LogP contribution in [-0.4, -0.2) is 20.6 Å². The molecular weight excluding hydrogens is 365 g/mol. The predicted octanol–water partition coefficient (Wildman–Crippen LogP) is 4.48. The summed E-state index contributed by atoms with van der Waals surface area (Å²) in [6.45, 7) is 1.75. The second-order valence-electron chi connectivity index (χ2n) is 6.31. The van der Waals surface area contributed by atoms with Crippen LogP contribution in [0.25, 0.3) is 11.3 Å². The minimum atomic E-state index is -0.599. The van der Waals surface area contributed by atoms with Crippen LogP contribution in [0, 0.1) is 12.7 Å². The molecule has 0 radical (unpaired) electrons. The molecule has 2 N–H and O–H groups in total. The van der Waals surface area contributed by atoms with Crippen LogP contribution in [0.4, 0.5) is 4.39 Å². The Kier molecular flexibility index (Phi) is 4.27. The van der Waals surface area contributed by atoms with Crippen molar-refractivity contribution in [1.82, 2.24) is 4.57 Å². The Labute approximate surface area is 159 Å². The quantitative estimate of drug-likeness (QED) is 0.498. The van der Waals surface area contributed by atoms with Gasteiger partial charge in [0.15, 0.2) is 11.5 Å². The summed E-state index contributed by atoms with van der Waals surface area (Å²) in [5, 5.41) is 21.1. The molecule has 0 aliphatic heterocycles. The monoisotopic (exact) mass is 381 g/mol. The fourth-order valence-electron chi connectivity index (χ4n) is 3.11. The Morgan fingerprint density at radius 2 is 1.86 bits per heavy atom. The molecule has 0 aliphatic carbocycles. The molecule has 0 aliphatic rings. The number of furan rings is 2. The van der Waals surface area contributed by atoms with Crippen molar-refractivity contribution in [2.75, 3.05) is 0 Å². The zero-order chi connectivity index (χ0) is 19.8. The highest BCUT2D eigenvalue weighted by molar-refractivity contribution is 6.13. The first-order valence-electron chi connectivity index (χ1n) is 8.49. The number of nitrogens with zero attached hydrogens (tertiary/aromatic N) is 1. The van der Waals surface area contributed by atoms with E-state index < -0.39 is 23.2 Å². The highest BCUT2D eigenvalue weighted by Gasteiger charge is 2.30. The number of hydrogen-bond acceptors (Lipinski definition) is 5. The van der Waals surface area contributed by atoms with Crippen LogP contribution in [0.5, 0.6) is 11.6 Å². The molecular formula is C21H16FNO5. The van der Waals surface area contributed by atoms with Crippen LogP contribution in [-0.2, 0) is 6.54 Å². The largest absolute Gasteiger partial charge is 0.503 e. The van der Waals surface area contributed by atoms with E-state index >= 15 is 0 Å². The van der Waals surface area contributed by atoms with Crippen molar-refractivity contribution in [1.29, 1.82) is 0 Å². The van der Waals surface area contributed by atoms with Gasteiger partial charge in [0.05, 0.1) is 24.1 Å². The molecule has 6 nitrogen and oxygen atoms in total. The minimum absolute atomic E-state index is 0.0197. The average molecular weight is 381 g/mol. The topological polar surface area (TPSA) is 88.7 Å². The van der Waals surface area contributed by atoms with Crippen LogP contribution in [0.15, 0.2) is 63.6 Å². The number of carbonyl (C=O) groups is 1. The van der Waals surface area contributed by atoms with Gasteiger partial charge in [0.2, 0.25) is 11.7 Å². The van der Waals surface area contributed by atoms with Gasteiger partial charge >= 0.3 is 0 Å². The first-order valence-corrected chi connectivity index (χ1v) is 8.49. The lowest BCUT2D eigenvalue weighted by atomic mass is 10.0. The number of benzene rings is 1. The second-order valence-corrected chi connectivity index (χ2v) is 6.31. The number of aromatic nitrogens is 1. The number of ketones is 1. The summed E-state index contributed by atoms with van der Waals surface area (Å²) < 4.78 is 25.5. The first kappa shape index (κ1) is 17.7.